The van der Waals surface area contributed by atoms with Crippen LogP contribution in [0.3, 0.4) is 0 Å². The molecule has 256 valence electrons. The molecule has 3 aromatic heterocycles. The van der Waals surface area contributed by atoms with E-state index in [1.54, 1.807) is 18.5 Å². The van der Waals surface area contributed by atoms with Gasteiger partial charge in [0, 0.05) is 31.2 Å². The molecule has 0 saturated carbocycles. The Balaban J connectivity index is 1.31. The van der Waals surface area contributed by atoms with Crippen molar-refractivity contribution >= 4 is 23.6 Å². The number of aromatic nitrogens is 3. The molecule has 0 amide bonds. The summed E-state index contributed by atoms with van der Waals surface area (Å²) in [5, 5.41) is 0.181. The summed E-state index contributed by atoms with van der Waals surface area (Å²) in [5.74, 6) is 0.834. The zero-order valence-corrected chi connectivity index (χ0v) is 29.1. The van der Waals surface area contributed by atoms with Gasteiger partial charge in [0.15, 0.2) is 12.6 Å². The summed E-state index contributed by atoms with van der Waals surface area (Å²) >= 11 is 6.46. The van der Waals surface area contributed by atoms with Crippen LogP contribution in [0.4, 0.5) is 5.69 Å². The van der Waals surface area contributed by atoms with Crippen molar-refractivity contribution in [2.75, 3.05) is 19.8 Å². The molecule has 0 saturated heterocycles. The lowest BCUT2D eigenvalue weighted by atomic mass is 9.90. The van der Waals surface area contributed by atoms with Crippen LogP contribution in [0, 0.1) is 20.4 Å². The topological polar surface area (TPSA) is 106 Å². The number of pyridine rings is 3. The highest BCUT2D eigenvalue weighted by molar-refractivity contribution is 6.32. The van der Waals surface area contributed by atoms with Crippen LogP contribution in [0.2, 0.25) is 5.02 Å². The van der Waals surface area contributed by atoms with E-state index in [0.717, 1.165) is 39.1 Å². The van der Waals surface area contributed by atoms with Crippen molar-refractivity contribution in [1.82, 2.24) is 15.0 Å². The van der Waals surface area contributed by atoms with E-state index in [1.807, 2.05) is 51.1 Å². The average Bonchev–Trinajstić information content (AvgIpc) is 3.14. The van der Waals surface area contributed by atoms with Gasteiger partial charge in [-0.25, -0.2) is 4.85 Å². The summed E-state index contributed by atoms with van der Waals surface area (Å²) in [6, 6.07) is 19.2. The minimum absolute atomic E-state index is 0.0572. The number of carbonyl (C=O) groups is 1. The Morgan fingerprint density at radius 3 is 2.26 bits per heavy atom. The molecule has 5 aromatic rings. The molecule has 2 aromatic carbocycles. The Hall–Kier alpha value is -5.34. The summed E-state index contributed by atoms with van der Waals surface area (Å²) in [6.07, 6.45) is 4.95. The number of nitrogens with zero attached hydrogens (tertiary/aromatic N) is 4. The molecule has 0 bridgehead atoms. The predicted molar refractivity (Wildman–Crippen MR) is 191 cm³/mol. The summed E-state index contributed by atoms with van der Waals surface area (Å²) in [4.78, 5) is 28.3. The van der Waals surface area contributed by atoms with Crippen LogP contribution in [-0.4, -0.2) is 47.3 Å². The number of benzene rings is 2. The van der Waals surface area contributed by atoms with Gasteiger partial charge in [-0.05, 0) is 85.3 Å². The van der Waals surface area contributed by atoms with Crippen molar-refractivity contribution < 1.29 is 28.5 Å². The molecule has 11 heteroatoms. The van der Waals surface area contributed by atoms with Gasteiger partial charge in [-0.3, -0.25) is 14.8 Å². The van der Waals surface area contributed by atoms with Crippen LogP contribution in [0.5, 0.6) is 17.5 Å². The Bertz CT molecular complexity index is 1970. The SMILES string of the molecule is [C-]#[N+]c1cncc(COc2nc(OCc3cccc(-c4cccc(-c5ccc(OCC(OCC)OCC)cn5)c4C)c3C)c(Cl)cc2C=O)c1. The number of rotatable bonds is 16. The molecule has 0 fully saturated rings. The van der Waals surface area contributed by atoms with Gasteiger partial charge in [0.1, 0.15) is 30.6 Å². The maximum Gasteiger partial charge on any atom is 0.236 e. The molecule has 3 heterocycles. The van der Waals surface area contributed by atoms with Crippen LogP contribution < -0.4 is 14.2 Å². The number of ether oxygens (including phenoxy) is 5. The van der Waals surface area contributed by atoms with Crippen LogP contribution in [0.1, 0.15) is 46.5 Å². The fourth-order valence-corrected chi connectivity index (χ4v) is 5.54. The van der Waals surface area contributed by atoms with Crippen molar-refractivity contribution in [3.8, 4) is 39.9 Å². The second kappa shape index (κ2) is 17.4. The lowest BCUT2D eigenvalue weighted by molar-refractivity contribution is -0.152. The Kier molecular flexibility index (Phi) is 12.5. The highest BCUT2D eigenvalue weighted by atomic mass is 35.5. The molecule has 50 heavy (non-hydrogen) atoms. The van der Waals surface area contributed by atoms with Crippen molar-refractivity contribution in [2.24, 2.45) is 0 Å². The van der Waals surface area contributed by atoms with Crippen LogP contribution in [0.25, 0.3) is 27.2 Å². The highest BCUT2D eigenvalue weighted by Gasteiger charge is 2.17. The lowest BCUT2D eigenvalue weighted by Crippen LogP contribution is -2.25. The number of hydrogen-bond acceptors (Lipinski definition) is 9. The van der Waals surface area contributed by atoms with Gasteiger partial charge in [-0.15, -0.1) is 0 Å². The molecule has 0 aliphatic heterocycles. The van der Waals surface area contributed by atoms with Gasteiger partial charge in [0.2, 0.25) is 17.4 Å². The smallest absolute Gasteiger partial charge is 0.236 e. The fourth-order valence-electron chi connectivity index (χ4n) is 5.33. The molecule has 0 aliphatic carbocycles. The monoisotopic (exact) mass is 692 g/mol. The minimum Gasteiger partial charge on any atom is -0.487 e. The van der Waals surface area contributed by atoms with E-state index in [2.05, 4.69) is 39.9 Å². The standard InChI is InChI=1S/C39H37ClN4O6/c1-6-46-37(47-7-2)24-48-31-14-15-36(43-20-31)34-13-9-12-33(26(34)4)32-11-8-10-28(25(32)3)23-50-39-35(40)17-29(21-45)38(44-39)49-22-27-16-30(41-5)19-42-18-27/h8-21,37H,6-7,22-24H2,1-4H3. The van der Waals surface area contributed by atoms with Crippen molar-refractivity contribution in [2.45, 2.75) is 47.2 Å². The number of hydrogen-bond donors (Lipinski definition) is 0. The van der Waals surface area contributed by atoms with E-state index < -0.39 is 6.29 Å². The van der Waals surface area contributed by atoms with Gasteiger partial charge >= 0.3 is 0 Å². The molecular formula is C39H37ClN4O6. The molecule has 0 N–H and O–H groups in total. The molecule has 0 aliphatic rings. The first-order valence-electron chi connectivity index (χ1n) is 16.1. The first-order valence-corrected chi connectivity index (χ1v) is 16.5. The summed E-state index contributed by atoms with van der Waals surface area (Å²) in [6.45, 7) is 16.7. The maximum atomic E-state index is 11.8. The third kappa shape index (κ3) is 8.81. The molecule has 10 nitrogen and oxygen atoms in total. The minimum atomic E-state index is -0.431. The number of carbonyl (C=O) groups excluding carboxylic acids is 1. The van der Waals surface area contributed by atoms with Gasteiger partial charge < -0.3 is 23.7 Å². The normalized spacial score (nSPS) is 10.9. The lowest BCUT2D eigenvalue weighted by Gasteiger charge is -2.18. The van der Waals surface area contributed by atoms with Gasteiger partial charge in [0.05, 0.1) is 24.0 Å². The fraction of sp³-hybridized carbons (Fsp3) is 0.256. The Morgan fingerprint density at radius 2 is 1.56 bits per heavy atom. The van der Waals surface area contributed by atoms with Crippen LogP contribution >= 0.6 is 11.6 Å². The third-order valence-corrected chi connectivity index (χ3v) is 8.16. The second-order valence-corrected chi connectivity index (χ2v) is 11.5. The van der Waals surface area contributed by atoms with E-state index in [-0.39, 0.29) is 42.2 Å². The molecular weight excluding hydrogens is 656 g/mol. The molecule has 5 rings (SSSR count). The predicted octanol–water partition coefficient (Wildman–Crippen LogP) is 8.78. The van der Waals surface area contributed by atoms with E-state index in [4.69, 9.17) is 46.8 Å². The van der Waals surface area contributed by atoms with Gasteiger partial charge in [-0.2, -0.15) is 4.98 Å². The Morgan fingerprint density at radius 1 is 0.840 bits per heavy atom. The highest BCUT2D eigenvalue weighted by Crippen LogP contribution is 2.35. The number of halogens is 1. The van der Waals surface area contributed by atoms with Crippen molar-refractivity contribution in [3.63, 3.8) is 0 Å². The maximum absolute atomic E-state index is 11.8. The quantitative estimate of drug-likeness (QED) is 0.0570. The largest absolute Gasteiger partial charge is 0.487 e. The van der Waals surface area contributed by atoms with E-state index in [9.17, 15) is 4.79 Å². The molecule has 0 unspecified atom stereocenters. The van der Waals surface area contributed by atoms with Crippen LogP contribution in [0.15, 0.2) is 79.3 Å². The van der Waals surface area contributed by atoms with Crippen LogP contribution in [-0.2, 0) is 22.7 Å². The Labute approximate surface area is 296 Å². The van der Waals surface area contributed by atoms with E-state index in [1.165, 1.54) is 12.3 Å². The van der Waals surface area contributed by atoms with E-state index in [0.29, 0.717) is 36.5 Å². The van der Waals surface area contributed by atoms with Crippen molar-refractivity contribution in [1.29, 1.82) is 0 Å². The average molecular weight is 693 g/mol. The first-order chi connectivity index (χ1) is 24.3. The number of aldehydes is 1. The van der Waals surface area contributed by atoms with Crippen molar-refractivity contribution in [3.05, 3.63) is 124 Å². The molecule has 0 spiro atoms. The zero-order valence-electron chi connectivity index (χ0n) is 28.3. The summed E-state index contributed by atoms with van der Waals surface area (Å²) < 4.78 is 28.9. The second-order valence-electron chi connectivity index (χ2n) is 11.1. The van der Waals surface area contributed by atoms with E-state index >= 15 is 0 Å². The summed E-state index contributed by atoms with van der Waals surface area (Å²) in [5.41, 5.74) is 8.23. The third-order valence-electron chi connectivity index (χ3n) is 7.89. The van der Waals surface area contributed by atoms with Gasteiger partial charge in [0.25, 0.3) is 0 Å². The molecule has 0 radical (unpaired) electrons. The zero-order chi connectivity index (χ0) is 35.5. The molecule has 0 atom stereocenters. The first kappa shape index (κ1) is 36.0. The summed E-state index contributed by atoms with van der Waals surface area (Å²) in [7, 11) is 0. The van der Waals surface area contributed by atoms with Gasteiger partial charge in [-0.1, -0.05) is 48.0 Å².